The number of nitrogens with zero attached hydrogens (tertiary/aromatic N) is 2. The van der Waals surface area contributed by atoms with Crippen LogP contribution in [0.2, 0.25) is 5.02 Å². The quantitative estimate of drug-likeness (QED) is 0.646. The standard InChI is InChI=1S/C13H15ClN4O2S/c1-18(9-10-4-2-5-11(14)8-10)21(19,20)12-6-3-7-16-13(12)17-15/h2-8H,9,15H2,1H3,(H,16,17). The summed E-state index contributed by atoms with van der Waals surface area (Å²) in [5, 5.41) is 0.559. The number of hydrogen-bond donors (Lipinski definition) is 2. The summed E-state index contributed by atoms with van der Waals surface area (Å²) < 4.78 is 26.3. The third-order valence-electron chi connectivity index (χ3n) is 2.89. The van der Waals surface area contributed by atoms with Crippen molar-refractivity contribution in [3.05, 3.63) is 53.2 Å². The van der Waals surface area contributed by atoms with E-state index in [-0.39, 0.29) is 17.3 Å². The van der Waals surface area contributed by atoms with Crippen molar-refractivity contribution in [2.24, 2.45) is 5.84 Å². The normalized spacial score (nSPS) is 11.6. The van der Waals surface area contributed by atoms with E-state index < -0.39 is 10.0 Å². The number of nitrogens with one attached hydrogen (secondary N) is 1. The molecule has 0 aliphatic heterocycles. The van der Waals surface area contributed by atoms with Crippen LogP contribution >= 0.6 is 11.6 Å². The van der Waals surface area contributed by atoms with Gasteiger partial charge in [0.25, 0.3) is 0 Å². The Morgan fingerprint density at radius 2 is 2.10 bits per heavy atom. The number of pyridine rings is 1. The van der Waals surface area contributed by atoms with Crippen LogP contribution in [0, 0.1) is 0 Å². The van der Waals surface area contributed by atoms with Crippen LogP contribution in [0.3, 0.4) is 0 Å². The molecule has 21 heavy (non-hydrogen) atoms. The molecule has 0 bridgehead atoms. The molecule has 0 fully saturated rings. The Kier molecular flexibility index (Phi) is 4.79. The van der Waals surface area contributed by atoms with E-state index in [2.05, 4.69) is 10.4 Å². The van der Waals surface area contributed by atoms with Gasteiger partial charge in [-0.1, -0.05) is 23.7 Å². The molecule has 0 aliphatic carbocycles. The number of anilines is 1. The number of benzene rings is 1. The van der Waals surface area contributed by atoms with E-state index in [0.717, 1.165) is 5.56 Å². The molecule has 6 nitrogen and oxygen atoms in total. The third-order valence-corrected chi connectivity index (χ3v) is 4.96. The first-order valence-corrected chi connectivity index (χ1v) is 7.89. The average molecular weight is 327 g/mol. The Hall–Kier alpha value is -1.67. The monoisotopic (exact) mass is 326 g/mol. The van der Waals surface area contributed by atoms with Gasteiger partial charge in [-0.3, -0.25) is 0 Å². The topological polar surface area (TPSA) is 88.3 Å². The second kappa shape index (κ2) is 6.40. The minimum absolute atomic E-state index is 0.0250. The molecule has 112 valence electrons. The molecule has 0 saturated heterocycles. The molecule has 0 spiro atoms. The first-order valence-electron chi connectivity index (χ1n) is 6.07. The van der Waals surface area contributed by atoms with Crippen LogP contribution in [-0.2, 0) is 16.6 Å². The fraction of sp³-hybridized carbons (Fsp3) is 0.154. The maximum atomic E-state index is 12.6. The van der Waals surface area contributed by atoms with E-state index in [9.17, 15) is 8.42 Å². The van der Waals surface area contributed by atoms with E-state index in [4.69, 9.17) is 17.4 Å². The molecule has 0 radical (unpaired) electrons. The van der Waals surface area contributed by atoms with Crippen LogP contribution < -0.4 is 11.3 Å². The summed E-state index contributed by atoms with van der Waals surface area (Å²) in [5.74, 6) is 5.41. The summed E-state index contributed by atoms with van der Waals surface area (Å²) in [6, 6.07) is 10.0. The largest absolute Gasteiger partial charge is 0.307 e. The Morgan fingerprint density at radius 1 is 1.33 bits per heavy atom. The summed E-state index contributed by atoms with van der Waals surface area (Å²) in [6.07, 6.45) is 1.46. The predicted molar refractivity (Wildman–Crippen MR) is 82.2 cm³/mol. The minimum Gasteiger partial charge on any atom is -0.307 e. The molecule has 2 rings (SSSR count). The van der Waals surface area contributed by atoms with Crippen molar-refractivity contribution < 1.29 is 8.42 Å². The smallest absolute Gasteiger partial charge is 0.246 e. The fourth-order valence-electron chi connectivity index (χ4n) is 1.85. The van der Waals surface area contributed by atoms with E-state index in [0.29, 0.717) is 5.02 Å². The maximum Gasteiger partial charge on any atom is 0.246 e. The number of nitrogens with two attached hydrogens (primary N) is 1. The summed E-state index contributed by atoms with van der Waals surface area (Å²) in [6.45, 7) is 0.196. The molecular weight excluding hydrogens is 312 g/mol. The highest BCUT2D eigenvalue weighted by molar-refractivity contribution is 7.89. The zero-order chi connectivity index (χ0) is 15.5. The minimum atomic E-state index is -3.71. The van der Waals surface area contributed by atoms with Crippen LogP contribution in [0.5, 0.6) is 0 Å². The van der Waals surface area contributed by atoms with Gasteiger partial charge in [0.2, 0.25) is 10.0 Å². The summed E-state index contributed by atoms with van der Waals surface area (Å²) in [5.41, 5.74) is 3.08. The van der Waals surface area contributed by atoms with Gasteiger partial charge in [0.1, 0.15) is 4.90 Å². The number of nitrogen functional groups attached to an aromatic ring is 1. The Balaban J connectivity index is 2.31. The van der Waals surface area contributed by atoms with Crippen molar-refractivity contribution >= 4 is 27.4 Å². The van der Waals surface area contributed by atoms with Gasteiger partial charge >= 0.3 is 0 Å². The van der Waals surface area contributed by atoms with E-state index in [1.165, 1.54) is 23.6 Å². The molecule has 0 amide bonds. The highest BCUT2D eigenvalue weighted by Gasteiger charge is 2.24. The number of aromatic nitrogens is 1. The van der Waals surface area contributed by atoms with Crippen LogP contribution in [0.15, 0.2) is 47.5 Å². The lowest BCUT2D eigenvalue weighted by molar-refractivity contribution is 0.467. The molecule has 0 saturated carbocycles. The highest BCUT2D eigenvalue weighted by atomic mass is 35.5. The maximum absolute atomic E-state index is 12.6. The fourth-order valence-corrected chi connectivity index (χ4v) is 3.33. The molecule has 1 aromatic carbocycles. The lowest BCUT2D eigenvalue weighted by Gasteiger charge is -2.18. The van der Waals surface area contributed by atoms with Crippen molar-refractivity contribution in [3.8, 4) is 0 Å². The number of hydrogen-bond acceptors (Lipinski definition) is 5. The number of hydrazine groups is 1. The van der Waals surface area contributed by atoms with Gasteiger partial charge in [-0.15, -0.1) is 0 Å². The van der Waals surface area contributed by atoms with Gasteiger partial charge in [0, 0.05) is 24.8 Å². The predicted octanol–water partition coefficient (Wildman–Crippen LogP) is 1.84. The lowest BCUT2D eigenvalue weighted by atomic mass is 10.2. The molecule has 0 aliphatic rings. The first-order chi connectivity index (χ1) is 9.95. The molecule has 8 heteroatoms. The second-order valence-electron chi connectivity index (χ2n) is 4.39. The van der Waals surface area contributed by atoms with Gasteiger partial charge in [-0.05, 0) is 29.8 Å². The molecule has 0 atom stereocenters. The van der Waals surface area contributed by atoms with Gasteiger partial charge < -0.3 is 5.43 Å². The zero-order valence-electron chi connectivity index (χ0n) is 11.3. The Bertz CT molecular complexity index is 736. The third kappa shape index (κ3) is 3.51. The second-order valence-corrected chi connectivity index (χ2v) is 6.84. The number of rotatable bonds is 5. The highest BCUT2D eigenvalue weighted by Crippen LogP contribution is 2.22. The van der Waals surface area contributed by atoms with Gasteiger partial charge in [-0.2, -0.15) is 4.31 Å². The molecule has 1 aromatic heterocycles. The SMILES string of the molecule is CN(Cc1cccc(Cl)c1)S(=O)(=O)c1cccnc1NN. The summed E-state index contributed by atoms with van der Waals surface area (Å²) in [4.78, 5) is 3.93. The van der Waals surface area contributed by atoms with Crippen LogP contribution in [0.1, 0.15) is 5.56 Å². The van der Waals surface area contributed by atoms with Crippen LogP contribution in [0.25, 0.3) is 0 Å². The summed E-state index contributed by atoms with van der Waals surface area (Å²) in [7, 11) is -2.22. The van der Waals surface area contributed by atoms with E-state index in [1.54, 1.807) is 24.3 Å². The molecule has 1 heterocycles. The van der Waals surface area contributed by atoms with Crippen molar-refractivity contribution in [1.82, 2.24) is 9.29 Å². The van der Waals surface area contributed by atoms with Gasteiger partial charge in [0.05, 0.1) is 0 Å². The first kappa shape index (κ1) is 15.7. The van der Waals surface area contributed by atoms with Crippen molar-refractivity contribution in [3.63, 3.8) is 0 Å². The number of halogens is 1. The lowest BCUT2D eigenvalue weighted by Crippen LogP contribution is -2.28. The van der Waals surface area contributed by atoms with E-state index >= 15 is 0 Å². The Labute approximate surface area is 128 Å². The van der Waals surface area contributed by atoms with Crippen LogP contribution in [-0.4, -0.2) is 24.8 Å². The van der Waals surface area contributed by atoms with Gasteiger partial charge in [0.15, 0.2) is 5.82 Å². The van der Waals surface area contributed by atoms with E-state index in [1.807, 2.05) is 6.07 Å². The van der Waals surface area contributed by atoms with Crippen molar-refractivity contribution in [1.29, 1.82) is 0 Å². The van der Waals surface area contributed by atoms with Crippen molar-refractivity contribution in [2.45, 2.75) is 11.4 Å². The van der Waals surface area contributed by atoms with Gasteiger partial charge in [-0.25, -0.2) is 19.2 Å². The van der Waals surface area contributed by atoms with Crippen molar-refractivity contribution in [2.75, 3.05) is 12.5 Å². The van der Waals surface area contributed by atoms with Crippen LogP contribution in [0.4, 0.5) is 5.82 Å². The molecule has 3 N–H and O–H groups in total. The molecule has 0 unspecified atom stereocenters. The molecular formula is C13H15ClN4O2S. The average Bonchev–Trinajstić information content (AvgIpc) is 2.47. The Morgan fingerprint density at radius 3 is 2.76 bits per heavy atom. The molecule has 2 aromatic rings. The zero-order valence-corrected chi connectivity index (χ0v) is 12.9. The number of sulfonamides is 1. The summed E-state index contributed by atoms with van der Waals surface area (Å²) >= 11 is 5.90.